The normalized spacial score (nSPS) is 10.6. The number of thiophene rings is 1. The maximum atomic E-state index is 12.1. The fourth-order valence-electron chi connectivity index (χ4n) is 2.46. The number of rotatable bonds is 5. The predicted octanol–water partition coefficient (Wildman–Crippen LogP) is 3.51. The van der Waals surface area contributed by atoms with E-state index in [1.54, 1.807) is 0 Å². The molecule has 0 aliphatic rings. The van der Waals surface area contributed by atoms with Crippen molar-refractivity contribution >= 4 is 39.6 Å². The monoisotopic (exact) mass is 380 g/mol. The van der Waals surface area contributed by atoms with E-state index >= 15 is 0 Å². The predicted molar refractivity (Wildman–Crippen MR) is 105 cm³/mol. The number of hydrogen-bond acceptors (Lipinski definition) is 5. The lowest BCUT2D eigenvalue weighted by Gasteiger charge is -2.20. The minimum absolute atomic E-state index is 0.352. The Morgan fingerprint density at radius 2 is 2.12 bits per heavy atom. The average Bonchev–Trinajstić information content (AvgIpc) is 3.06. The van der Waals surface area contributed by atoms with Gasteiger partial charge in [0.15, 0.2) is 5.11 Å². The van der Waals surface area contributed by atoms with Gasteiger partial charge in [-0.3, -0.25) is 4.68 Å². The Labute approximate surface area is 157 Å². The first-order valence-corrected chi connectivity index (χ1v) is 9.24. The van der Waals surface area contributed by atoms with E-state index in [-0.39, 0.29) is 5.97 Å². The van der Waals surface area contributed by atoms with E-state index in [2.05, 4.69) is 17.3 Å². The molecule has 0 aliphatic carbocycles. The molecule has 2 aromatic rings. The van der Waals surface area contributed by atoms with Gasteiger partial charge in [0.1, 0.15) is 5.00 Å². The van der Waals surface area contributed by atoms with Crippen LogP contribution in [0, 0.1) is 20.8 Å². The van der Waals surface area contributed by atoms with Gasteiger partial charge in [-0.2, -0.15) is 5.10 Å². The largest absolute Gasteiger partial charge is 0.465 e. The quantitative estimate of drug-likeness (QED) is 0.633. The first-order chi connectivity index (χ1) is 11.8. The summed E-state index contributed by atoms with van der Waals surface area (Å²) in [4.78, 5) is 15.1. The third kappa shape index (κ3) is 4.19. The van der Waals surface area contributed by atoms with E-state index in [1.165, 1.54) is 18.4 Å². The second kappa shape index (κ2) is 7.97. The number of nitrogens with one attached hydrogen (secondary N) is 1. The number of methoxy groups -OCH3 is 1. The molecule has 8 heteroatoms. The lowest BCUT2D eigenvalue weighted by molar-refractivity contribution is 0.0601. The summed E-state index contributed by atoms with van der Waals surface area (Å²) in [5.74, 6) is -0.352. The van der Waals surface area contributed by atoms with Gasteiger partial charge < -0.3 is 15.0 Å². The number of hydrogen-bond donors (Lipinski definition) is 1. The number of nitrogens with zero attached hydrogens (tertiary/aromatic N) is 3. The standard InChI is InChI=1S/C17H24N4O2S2/c1-7-21-9-13(11(3)19-21)8-20(5)17(24)18-15-14(16(22)23-6)10(2)12(4)25-15/h9H,7-8H2,1-6H3,(H,18,24). The number of aryl methyl sites for hydroxylation is 3. The molecule has 0 aromatic carbocycles. The fraction of sp³-hybridized carbons (Fsp3) is 0.471. The highest BCUT2D eigenvalue weighted by Crippen LogP contribution is 2.33. The number of esters is 1. The molecule has 2 aromatic heterocycles. The van der Waals surface area contributed by atoms with Crippen LogP contribution in [0.2, 0.25) is 0 Å². The van der Waals surface area contributed by atoms with Crippen molar-refractivity contribution in [3.63, 3.8) is 0 Å². The summed E-state index contributed by atoms with van der Waals surface area (Å²) in [5, 5.41) is 8.92. The molecule has 136 valence electrons. The van der Waals surface area contributed by atoms with Gasteiger partial charge in [-0.15, -0.1) is 11.3 Å². The summed E-state index contributed by atoms with van der Waals surface area (Å²) >= 11 is 7.02. The number of ether oxygens (including phenoxy) is 1. The van der Waals surface area contributed by atoms with E-state index < -0.39 is 0 Å². The van der Waals surface area contributed by atoms with Crippen LogP contribution in [0.1, 0.15) is 39.0 Å². The molecule has 0 saturated carbocycles. The van der Waals surface area contributed by atoms with Crippen molar-refractivity contribution in [3.8, 4) is 0 Å². The Kier molecular flexibility index (Phi) is 6.18. The molecule has 0 bridgehead atoms. The highest BCUT2D eigenvalue weighted by molar-refractivity contribution is 7.80. The van der Waals surface area contributed by atoms with Crippen LogP contribution in [-0.4, -0.2) is 39.9 Å². The molecule has 0 aliphatic heterocycles. The summed E-state index contributed by atoms with van der Waals surface area (Å²) < 4.78 is 6.81. The molecule has 0 unspecified atom stereocenters. The average molecular weight is 381 g/mol. The van der Waals surface area contributed by atoms with Crippen molar-refractivity contribution in [2.24, 2.45) is 0 Å². The van der Waals surface area contributed by atoms with Crippen LogP contribution < -0.4 is 5.32 Å². The molecule has 0 atom stereocenters. The van der Waals surface area contributed by atoms with Crippen molar-refractivity contribution in [1.29, 1.82) is 0 Å². The van der Waals surface area contributed by atoms with E-state index in [1.807, 2.05) is 43.6 Å². The molecule has 0 fully saturated rings. The third-order valence-corrected chi connectivity index (χ3v) is 5.66. The van der Waals surface area contributed by atoms with Crippen molar-refractivity contribution in [1.82, 2.24) is 14.7 Å². The second-order valence-corrected chi connectivity index (χ2v) is 7.47. The van der Waals surface area contributed by atoms with E-state index in [0.717, 1.165) is 33.2 Å². The second-order valence-electron chi connectivity index (χ2n) is 5.86. The van der Waals surface area contributed by atoms with Gasteiger partial charge in [0, 0.05) is 36.8 Å². The maximum absolute atomic E-state index is 12.1. The van der Waals surface area contributed by atoms with Crippen LogP contribution in [0.15, 0.2) is 6.20 Å². The Bertz CT molecular complexity index is 795. The fourth-order valence-corrected chi connectivity index (χ4v) is 3.74. The zero-order valence-corrected chi connectivity index (χ0v) is 17.1. The first-order valence-electron chi connectivity index (χ1n) is 8.01. The highest BCUT2D eigenvalue weighted by Gasteiger charge is 2.21. The Morgan fingerprint density at radius 1 is 1.44 bits per heavy atom. The summed E-state index contributed by atoms with van der Waals surface area (Å²) in [6, 6.07) is 0. The number of aromatic nitrogens is 2. The summed E-state index contributed by atoms with van der Waals surface area (Å²) in [7, 11) is 3.31. The molecular formula is C17H24N4O2S2. The van der Waals surface area contributed by atoms with Crippen LogP contribution in [-0.2, 0) is 17.8 Å². The molecule has 0 amide bonds. The van der Waals surface area contributed by atoms with Gasteiger partial charge in [-0.05, 0) is 45.5 Å². The number of carbonyl (C=O) groups is 1. The molecule has 0 saturated heterocycles. The van der Waals surface area contributed by atoms with E-state index in [9.17, 15) is 4.79 Å². The van der Waals surface area contributed by atoms with Gasteiger partial charge in [0.25, 0.3) is 0 Å². The van der Waals surface area contributed by atoms with Gasteiger partial charge in [-0.25, -0.2) is 4.79 Å². The molecule has 0 radical (unpaired) electrons. The van der Waals surface area contributed by atoms with Crippen LogP contribution in [0.25, 0.3) is 0 Å². The summed E-state index contributed by atoms with van der Waals surface area (Å²) in [6.07, 6.45) is 2.04. The van der Waals surface area contributed by atoms with Gasteiger partial charge in [0.2, 0.25) is 0 Å². The van der Waals surface area contributed by atoms with Gasteiger partial charge in [-0.1, -0.05) is 0 Å². The topological polar surface area (TPSA) is 59.4 Å². The highest BCUT2D eigenvalue weighted by atomic mass is 32.1. The SMILES string of the molecule is CCn1cc(CN(C)C(=S)Nc2sc(C)c(C)c2C(=O)OC)c(C)n1. The van der Waals surface area contributed by atoms with Crippen molar-refractivity contribution < 1.29 is 9.53 Å². The van der Waals surface area contributed by atoms with Gasteiger partial charge in [0.05, 0.1) is 18.4 Å². The van der Waals surface area contributed by atoms with Crippen LogP contribution in [0.4, 0.5) is 5.00 Å². The number of thiocarbonyl (C=S) groups is 1. The molecule has 6 nitrogen and oxygen atoms in total. The lowest BCUT2D eigenvalue weighted by atomic mass is 10.1. The zero-order chi connectivity index (χ0) is 18.7. The molecule has 1 N–H and O–H groups in total. The minimum atomic E-state index is -0.352. The van der Waals surface area contributed by atoms with Crippen LogP contribution in [0.5, 0.6) is 0 Å². The number of anilines is 1. The van der Waals surface area contributed by atoms with E-state index in [0.29, 0.717) is 17.2 Å². The Hall–Kier alpha value is -1.93. The van der Waals surface area contributed by atoms with E-state index in [4.69, 9.17) is 17.0 Å². The maximum Gasteiger partial charge on any atom is 0.341 e. The third-order valence-electron chi connectivity index (χ3n) is 4.12. The molecule has 2 rings (SSSR count). The van der Waals surface area contributed by atoms with Crippen molar-refractivity contribution in [3.05, 3.63) is 33.5 Å². The first kappa shape index (κ1) is 19.4. The van der Waals surface area contributed by atoms with Gasteiger partial charge >= 0.3 is 5.97 Å². The molecular weight excluding hydrogens is 356 g/mol. The summed E-state index contributed by atoms with van der Waals surface area (Å²) in [5.41, 5.74) is 3.59. The summed E-state index contributed by atoms with van der Waals surface area (Å²) in [6.45, 7) is 9.43. The van der Waals surface area contributed by atoms with Crippen molar-refractivity contribution in [2.45, 2.75) is 40.8 Å². The molecule has 2 heterocycles. The van der Waals surface area contributed by atoms with Crippen LogP contribution in [0.3, 0.4) is 0 Å². The number of carbonyl (C=O) groups excluding carboxylic acids is 1. The molecule has 25 heavy (non-hydrogen) atoms. The Balaban J connectivity index is 2.15. The van der Waals surface area contributed by atoms with Crippen LogP contribution >= 0.6 is 23.6 Å². The smallest absolute Gasteiger partial charge is 0.341 e. The Morgan fingerprint density at radius 3 is 2.68 bits per heavy atom. The lowest BCUT2D eigenvalue weighted by Crippen LogP contribution is -2.31. The van der Waals surface area contributed by atoms with Crippen molar-refractivity contribution in [2.75, 3.05) is 19.5 Å². The zero-order valence-electron chi connectivity index (χ0n) is 15.5. The minimum Gasteiger partial charge on any atom is -0.465 e. The molecule has 0 spiro atoms.